The Hall–Kier alpha value is -0.860. The van der Waals surface area contributed by atoms with Crippen LogP contribution in [0.25, 0.3) is 0 Å². The Morgan fingerprint density at radius 1 is 1.35 bits per heavy atom. The van der Waals surface area contributed by atoms with Gasteiger partial charge in [-0.15, -0.1) is 0 Å². The number of hydrogen-bond acceptors (Lipinski definition) is 2. The number of aliphatic hydroxyl groups is 1. The number of benzene rings is 1. The zero-order valence-corrected chi connectivity index (χ0v) is 10.4. The van der Waals surface area contributed by atoms with Crippen molar-refractivity contribution >= 4 is 0 Å². The van der Waals surface area contributed by atoms with Crippen LogP contribution in [0.4, 0.5) is 0 Å². The van der Waals surface area contributed by atoms with Crippen molar-refractivity contribution in [2.24, 2.45) is 0 Å². The van der Waals surface area contributed by atoms with E-state index in [0.717, 1.165) is 11.5 Å². The maximum Gasteiger partial charge on any atom is 0.118 e. The lowest BCUT2D eigenvalue weighted by Crippen LogP contribution is -2.33. The molecule has 2 aliphatic rings. The molecular weight excluding hydrogens is 212 g/mol. The van der Waals surface area contributed by atoms with Gasteiger partial charge in [0.1, 0.15) is 5.60 Å². The topological polar surface area (TPSA) is 29.5 Å². The van der Waals surface area contributed by atoms with Crippen molar-refractivity contribution in [2.75, 3.05) is 6.61 Å². The zero-order valence-electron chi connectivity index (χ0n) is 10.4. The van der Waals surface area contributed by atoms with Gasteiger partial charge in [0.25, 0.3) is 0 Å². The van der Waals surface area contributed by atoms with Gasteiger partial charge in [-0.25, -0.2) is 0 Å². The molecule has 2 fully saturated rings. The highest BCUT2D eigenvalue weighted by Gasteiger charge is 2.41. The Morgan fingerprint density at radius 2 is 2.18 bits per heavy atom. The van der Waals surface area contributed by atoms with E-state index in [4.69, 9.17) is 4.74 Å². The van der Waals surface area contributed by atoms with E-state index in [1.165, 1.54) is 24.8 Å². The van der Waals surface area contributed by atoms with Crippen LogP contribution in [0.5, 0.6) is 0 Å². The number of rotatable bonds is 2. The van der Waals surface area contributed by atoms with Gasteiger partial charge in [0, 0.05) is 6.42 Å². The molecule has 3 rings (SSSR count). The lowest BCUT2D eigenvalue weighted by atomic mass is 9.78. The molecule has 0 radical (unpaired) electrons. The van der Waals surface area contributed by atoms with Crippen LogP contribution in [-0.4, -0.2) is 17.8 Å². The Kier molecular flexibility index (Phi) is 2.72. The van der Waals surface area contributed by atoms with Crippen molar-refractivity contribution in [3.05, 3.63) is 35.4 Å². The predicted molar refractivity (Wildman–Crippen MR) is 67.0 cm³/mol. The molecule has 0 spiro atoms. The van der Waals surface area contributed by atoms with Crippen molar-refractivity contribution in [3.8, 4) is 0 Å². The summed E-state index contributed by atoms with van der Waals surface area (Å²) in [6.07, 6.45) is 4.56. The molecule has 17 heavy (non-hydrogen) atoms. The van der Waals surface area contributed by atoms with E-state index in [1.54, 1.807) is 0 Å². The first-order chi connectivity index (χ1) is 8.20. The molecule has 1 aliphatic heterocycles. The standard InChI is InChI=1S/C15H20O2/c1-11-15(16,8-9-17-11)14-7-3-6-13(10-14)12-4-2-5-12/h3,6-7,10-12,16H,2,4-5,8-9H2,1H3. The first-order valence-corrected chi connectivity index (χ1v) is 6.64. The van der Waals surface area contributed by atoms with Crippen LogP contribution < -0.4 is 0 Å². The maximum atomic E-state index is 10.7. The van der Waals surface area contributed by atoms with Gasteiger partial charge in [0.05, 0.1) is 12.7 Å². The van der Waals surface area contributed by atoms with E-state index < -0.39 is 5.60 Å². The summed E-state index contributed by atoms with van der Waals surface area (Å²) in [6, 6.07) is 8.49. The van der Waals surface area contributed by atoms with Crippen molar-refractivity contribution < 1.29 is 9.84 Å². The van der Waals surface area contributed by atoms with Gasteiger partial charge >= 0.3 is 0 Å². The molecule has 1 saturated heterocycles. The summed E-state index contributed by atoms with van der Waals surface area (Å²) >= 11 is 0. The predicted octanol–water partition coefficient (Wildman–Crippen LogP) is 2.95. The second-order valence-electron chi connectivity index (χ2n) is 5.44. The third kappa shape index (κ3) is 1.80. The van der Waals surface area contributed by atoms with Crippen molar-refractivity contribution in [2.45, 2.75) is 50.2 Å². The van der Waals surface area contributed by atoms with E-state index in [2.05, 4.69) is 18.2 Å². The highest BCUT2D eigenvalue weighted by atomic mass is 16.5. The van der Waals surface area contributed by atoms with Gasteiger partial charge < -0.3 is 9.84 Å². The smallest absolute Gasteiger partial charge is 0.118 e. The molecule has 0 amide bonds. The fourth-order valence-electron chi connectivity index (χ4n) is 2.91. The molecule has 1 aliphatic carbocycles. The molecule has 92 valence electrons. The summed E-state index contributed by atoms with van der Waals surface area (Å²) in [5, 5.41) is 10.7. The average molecular weight is 232 g/mol. The highest BCUT2D eigenvalue weighted by molar-refractivity contribution is 5.32. The van der Waals surface area contributed by atoms with Gasteiger partial charge in [0.15, 0.2) is 0 Å². The maximum absolute atomic E-state index is 10.7. The Bertz CT molecular complexity index is 411. The van der Waals surface area contributed by atoms with Crippen LogP contribution in [0.1, 0.15) is 49.7 Å². The van der Waals surface area contributed by atoms with E-state index >= 15 is 0 Å². The summed E-state index contributed by atoms with van der Waals surface area (Å²) in [5.74, 6) is 0.719. The zero-order chi connectivity index (χ0) is 11.9. The molecule has 1 N–H and O–H groups in total. The lowest BCUT2D eigenvalue weighted by molar-refractivity contribution is -0.0317. The number of ether oxygens (including phenoxy) is 1. The fourth-order valence-corrected chi connectivity index (χ4v) is 2.91. The van der Waals surface area contributed by atoms with Crippen LogP contribution in [0, 0.1) is 0 Å². The van der Waals surface area contributed by atoms with Gasteiger partial charge in [-0.1, -0.05) is 30.7 Å². The van der Waals surface area contributed by atoms with Crippen LogP contribution >= 0.6 is 0 Å². The molecule has 1 heterocycles. The van der Waals surface area contributed by atoms with Gasteiger partial charge in [-0.2, -0.15) is 0 Å². The van der Waals surface area contributed by atoms with E-state index in [0.29, 0.717) is 13.0 Å². The Morgan fingerprint density at radius 3 is 2.76 bits per heavy atom. The molecule has 1 aromatic rings. The molecule has 2 unspecified atom stereocenters. The minimum atomic E-state index is -0.778. The van der Waals surface area contributed by atoms with E-state index in [9.17, 15) is 5.11 Å². The quantitative estimate of drug-likeness (QED) is 0.849. The third-order valence-corrected chi connectivity index (χ3v) is 4.49. The van der Waals surface area contributed by atoms with Gasteiger partial charge in [-0.05, 0) is 36.8 Å². The normalized spacial score (nSPS) is 33.6. The molecular formula is C15H20O2. The van der Waals surface area contributed by atoms with Crippen molar-refractivity contribution in [3.63, 3.8) is 0 Å². The highest BCUT2D eigenvalue weighted by Crippen LogP contribution is 2.40. The first-order valence-electron chi connectivity index (χ1n) is 6.64. The SMILES string of the molecule is CC1OCCC1(O)c1cccc(C2CCC2)c1. The van der Waals surface area contributed by atoms with Crippen LogP contribution in [0.2, 0.25) is 0 Å². The monoisotopic (exact) mass is 232 g/mol. The molecule has 0 aromatic heterocycles. The minimum absolute atomic E-state index is 0.0980. The summed E-state index contributed by atoms with van der Waals surface area (Å²) < 4.78 is 5.51. The minimum Gasteiger partial charge on any atom is -0.382 e. The van der Waals surface area contributed by atoms with E-state index in [-0.39, 0.29) is 6.10 Å². The molecule has 0 bridgehead atoms. The second-order valence-corrected chi connectivity index (χ2v) is 5.44. The summed E-state index contributed by atoms with van der Waals surface area (Å²) in [7, 11) is 0. The summed E-state index contributed by atoms with van der Waals surface area (Å²) in [6.45, 7) is 2.62. The molecule has 2 heteroatoms. The third-order valence-electron chi connectivity index (χ3n) is 4.49. The van der Waals surface area contributed by atoms with Crippen LogP contribution in [0.15, 0.2) is 24.3 Å². The van der Waals surface area contributed by atoms with Crippen LogP contribution in [0.3, 0.4) is 0 Å². The molecule has 1 aromatic carbocycles. The number of hydrogen-bond donors (Lipinski definition) is 1. The fraction of sp³-hybridized carbons (Fsp3) is 0.600. The Balaban J connectivity index is 1.91. The van der Waals surface area contributed by atoms with Gasteiger partial charge in [-0.3, -0.25) is 0 Å². The van der Waals surface area contributed by atoms with Crippen molar-refractivity contribution in [1.82, 2.24) is 0 Å². The molecule has 1 saturated carbocycles. The van der Waals surface area contributed by atoms with E-state index in [1.807, 2.05) is 13.0 Å². The molecule has 2 nitrogen and oxygen atoms in total. The van der Waals surface area contributed by atoms with Gasteiger partial charge in [0.2, 0.25) is 0 Å². The summed E-state index contributed by atoms with van der Waals surface area (Å²) in [4.78, 5) is 0. The Labute approximate surface area is 103 Å². The second kappa shape index (κ2) is 4.11. The first kappa shape index (κ1) is 11.2. The molecule has 2 atom stereocenters. The van der Waals surface area contributed by atoms with Crippen molar-refractivity contribution in [1.29, 1.82) is 0 Å². The lowest BCUT2D eigenvalue weighted by Gasteiger charge is -2.30. The summed E-state index contributed by atoms with van der Waals surface area (Å²) in [5.41, 5.74) is 1.65. The largest absolute Gasteiger partial charge is 0.382 e. The average Bonchev–Trinajstić information content (AvgIpc) is 2.59. The van der Waals surface area contributed by atoms with Crippen LogP contribution in [-0.2, 0) is 10.3 Å².